The second kappa shape index (κ2) is 6.76. The zero-order chi connectivity index (χ0) is 16.4. The lowest BCUT2D eigenvalue weighted by Crippen LogP contribution is -1.89. The topological polar surface area (TPSA) is 56.7 Å². The van der Waals surface area contributed by atoms with E-state index in [1.54, 1.807) is 16.4 Å². The van der Waals surface area contributed by atoms with Crippen LogP contribution in [0.5, 0.6) is 0 Å². The molecule has 2 heterocycles. The van der Waals surface area contributed by atoms with Gasteiger partial charge >= 0.3 is 0 Å². The van der Waals surface area contributed by atoms with Crippen molar-refractivity contribution in [2.24, 2.45) is 7.05 Å². The van der Waals surface area contributed by atoms with Crippen LogP contribution in [0.4, 0.5) is 0 Å². The Morgan fingerprint density at radius 1 is 1.13 bits per heavy atom. The molecule has 0 atom stereocenters. The molecule has 0 saturated carbocycles. The lowest BCUT2D eigenvalue weighted by molar-refractivity contribution is 0.528. The van der Waals surface area contributed by atoms with Gasteiger partial charge in [0.1, 0.15) is 5.15 Å². The van der Waals surface area contributed by atoms with Crippen molar-refractivity contribution < 1.29 is 4.42 Å². The Kier molecular flexibility index (Phi) is 4.73. The monoisotopic (exact) mass is 348 g/mol. The van der Waals surface area contributed by atoms with Gasteiger partial charge in [-0.1, -0.05) is 29.3 Å². The average Bonchev–Trinajstić information content (AvgIpc) is 3.08. The molecule has 0 bridgehead atoms. The molecule has 0 aliphatic carbocycles. The average molecular weight is 349 g/mol. The van der Waals surface area contributed by atoms with Gasteiger partial charge in [0.2, 0.25) is 11.8 Å². The van der Waals surface area contributed by atoms with Crippen LogP contribution in [0, 0.1) is 13.8 Å². The molecule has 2 aromatic heterocycles. The minimum Gasteiger partial charge on any atom is -0.420 e. The molecule has 0 amide bonds. The fourth-order valence-corrected chi connectivity index (χ4v) is 3.47. The van der Waals surface area contributed by atoms with Crippen LogP contribution in [-0.2, 0) is 18.6 Å². The van der Waals surface area contributed by atoms with Gasteiger partial charge in [-0.25, -0.2) is 0 Å². The maximum Gasteiger partial charge on any atom is 0.247 e. The fourth-order valence-electron chi connectivity index (χ4n) is 2.20. The third-order valence-corrected chi connectivity index (χ3v) is 4.92. The summed E-state index contributed by atoms with van der Waals surface area (Å²) in [5.41, 5.74) is 4.14. The Bertz CT molecular complexity index is 810. The van der Waals surface area contributed by atoms with E-state index < -0.39 is 0 Å². The van der Waals surface area contributed by atoms with Crippen LogP contribution in [0.15, 0.2) is 28.7 Å². The molecule has 5 nitrogen and oxygen atoms in total. The van der Waals surface area contributed by atoms with Gasteiger partial charge in [-0.2, -0.15) is 5.10 Å². The van der Waals surface area contributed by atoms with Crippen molar-refractivity contribution in [3.63, 3.8) is 0 Å². The highest BCUT2D eigenvalue weighted by molar-refractivity contribution is 7.97. The van der Waals surface area contributed by atoms with Crippen molar-refractivity contribution in [1.29, 1.82) is 0 Å². The molecule has 0 aliphatic rings. The molecule has 0 N–H and O–H groups in total. The Labute approximate surface area is 144 Å². The Morgan fingerprint density at radius 3 is 2.52 bits per heavy atom. The molecule has 3 aromatic rings. The largest absolute Gasteiger partial charge is 0.420 e. The van der Waals surface area contributed by atoms with E-state index >= 15 is 0 Å². The number of aromatic nitrogens is 4. The predicted octanol–water partition coefficient (Wildman–Crippen LogP) is 4.17. The van der Waals surface area contributed by atoms with Gasteiger partial charge in [-0.05, 0) is 26.0 Å². The zero-order valence-corrected chi connectivity index (χ0v) is 14.8. The van der Waals surface area contributed by atoms with E-state index in [1.807, 2.05) is 45.2 Å². The van der Waals surface area contributed by atoms with E-state index in [9.17, 15) is 0 Å². The van der Waals surface area contributed by atoms with Crippen molar-refractivity contribution in [2.45, 2.75) is 25.4 Å². The van der Waals surface area contributed by atoms with Crippen molar-refractivity contribution in [3.05, 3.63) is 52.1 Å². The standard InChI is InChI=1S/C16H17ClN4OS/c1-10-4-6-12(7-5-10)16-19-18-14(22-16)9-23-8-13-11(2)20-21(3)15(13)17/h4-7H,8-9H2,1-3H3. The molecular formula is C16H17ClN4OS. The third-order valence-electron chi connectivity index (χ3n) is 3.51. The van der Waals surface area contributed by atoms with Crippen LogP contribution < -0.4 is 0 Å². The molecule has 0 unspecified atom stereocenters. The second-order valence-electron chi connectivity index (χ2n) is 5.34. The van der Waals surface area contributed by atoms with Crippen molar-refractivity contribution in [2.75, 3.05) is 0 Å². The van der Waals surface area contributed by atoms with Gasteiger partial charge in [0, 0.05) is 23.9 Å². The molecule has 3 rings (SSSR count). The van der Waals surface area contributed by atoms with Gasteiger partial charge < -0.3 is 4.42 Å². The van der Waals surface area contributed by atoms with Gasteiger partial charge in [0.25, 0.3) is 0 Å². The highest BCUT2D eigenvalue weighted by Gasteiger charge is 2.13. The summed E-state index contributed by atoms with van der Waals surface area (Å²) < 4.78 is 7.41. The minimum atomic E-state index is 0.552. The Morgan fingerprint density at radius 2 is 1.87 bits per heavy atom. The molecule has 1 aromatic carbocycles. The lowest BCUT2D eigenvalue weighted by Gasteiger charge is -1.99. The molecule has 0 fully saturated rings. The first-order valence-electron chi connectivity index (χ1n) is 7.19. The molecule has 120 valence electrons. The van der Waals surface area contributed by atoms with Gasteiger partial charge in [-0.3, -0.25) is 4.68 Å². The van der Waals surface area contributed by atoms with E-state index in [0.29, 0.717) is 22.7 Å². The number of thioether (sulfide) groups is 1. The second-order valence-corrected chi connectivity index (χ2v) is 6.68. The number of hydrogen-bond acceptors (Lipinski definition) is 5. The maximum absolute atomic E-state index is 6.23. The first kappa shape index (κ1) is 16.1. The molecular weight excluding hydrogens is 332 g/mol. The van der Waals surface area contributed by atoms with E-state index in [2.05, 4.69) is 15.3 Å². The Balaban J connectivity index is 1.62. The summed E-state index contributed by atoms with van der Waals surface area (Å²) in [6, 6.07) is 8.03. The molecule has 0 aliphatic heterocycles. The molecule has 0 spiro atoms. The quantitative estimate of drug-likeness (QED) is 0.692. The third kappa shape index (κ3) is 3.59. The van der Waals surface area contributed by atoms with E-state index in [4.69, 9.17) is 16.0 Å². The molecule has 7 heteroatoms. The molecule has 23 heavy (non-hydrogen) atoms. The number of hydrogen-bond donors (Lipinski definition) is 0. The number of rotatable bonds is 5. The normalized spacial score (nSPS) is 11.1. The summed E-state index contributed by atoms with van der Waals surface area (Å²) in [5, 5.41) is 13.2. The van der Waals surface area contributed by atoms with E-state index in [-0.39, 0.29) is 0 Å². The van der Waals surface area contributed by atoms with Gasteiger partial charge in [0.05, 0.1) is 11.4 Å². The van der Waals surface area contributed by atoms with Gasteiger partial charge in [-0.15, -0.1) is 22.0 Å². The summed E-state index contributed by atoms with van der Waals surface area (Å²) in [6.07, 6.45) is 0. The first-order chi connectivity index (χ1) is 11.0. The van der Waals surface area contributed by atoms with Crippen LogP contribution in [0.1, 0.15) is 22.7 Å². The Hall–Kier alpha value is -1.79. The predicted molar refractivity (Wildman–Crippen MR) is 92.4 cm³/mol. The SMILES string of the molecule is Cc1ccc(-c2nnc(CSCc3c(C)nn(C)c3Cl)o2)cc1. The van der Waals surface area contributed by atoms with Gasteiger partial charge in [0.15, 0.2) is 0 Å². The number of aryl methyl sites for hydroxylation is 3. The molecule has 0 saturated heterocycles. The summed E-state index contributed by atoms with van der Waals surface area (Å²) in [7, 11) is 1.84. The van der Waals surface area contributed by atoms with Crippen molar-refractivity contribution in [3.8, 4) is 11.5 Å². The molecule has 0 radical (unpaired) electrons. The van der Waals surface area contributed by atoms with Crippen LogP contribution in [0.3, 0.4) is 0 Å². The van der Waals surface area contributed by atoms with Crippen molar-refractivity contribution in [1.82, 2.24) is 20.0 Å². The number of halogens is 1. The van der Waals surface area contributed by atoms with E-state index in [1.165, 1.54) is 5.56 Å². The van der Waals surface area contributed by atoms with Crippen LogP contribution in [0.2, 0.25) is 5.15 Å². The number of nitrogens with zero attached hydrogens (tertiary/aromatic N) is 4. The van der Waals surface area contributed by atoms with Crippen LogP contribution in [-0.4, -0.2) is 20.0 Å². The minimum absolute atomic E-state index is 0.552. The fraction of sp³-hybridized carbons (Fsp3) is 0.312. The lowest BCUT2D eigenvalue weighted by atomic mass is 10.1. The summed E-state index contributed by atoms with van der Waals surface area (Å²) in [5.74, 6) is 2.57. The zero-order valence-electron chi connectivity index (χ0n) is 13.2. The van der Waals surface area contributed by atoms with Crippen LogP contribution in [0.25, 0.3) is 11.5 Å². The summed E-state index contributed by atoms with van der Waals surface area (Å²) >= 11 is 7.91. The maximum atomic E-state index is 6.23. The van der Waals surface area contributed by atoms with Crippen LogP contribution >= 0.6 is 23.4 Å². The smallest absolute Gasteiger partial charge is 0.247 e. The number of benzene rings is 1. The highest BCUT2D eigenvalue weighted by Crippen LogP contribution is 2.26. The highest BCUT2D eigenvalue weighted by atomic mass is 35.5. The van der Waals surface area contributed by atoms with E-state index in [0.717, 1.165) is 22.6 Å². The first-order valence-corrected chi connectivity index (χ1v) is 8.73. The summed E-state index contributed by atoms with van der Waals surface area (Å²) in [6.45, 7) is 4.01. The summed E-state index contributed by atoms with van der Waals surface area (Å²) in [4.78, 5) is 0. The van der Waals surface area contributed by atoms with Crippen molar-refractivity contribution >= 4 is 23.4 Å².